The highest BCUT2D eigenvalue weighted by Crippen LogP contribution is 2.34. The highest BCUT2D eigenvalue weighted by atomic mass is 35.5. The summed E-state index contributed by atoms with van der Waals surface area (Å²) in [5.74, 6) is 0.0602. The highest BCUT2D eigenvalue weighted by molar-refractivity contribution is 6.04. The molecule has 2 heterocycles. The molecule has 8 heteroatoms. The van der Waals surface area contributed by atoms with Crippen LogP contribution in [0.3, 0.4) is 0 Å². The number of esters is 1. The first-order valence-corrected chi connectivity index (χ1v) is 9.22. The lowest BCUT2D eigenvalue weighted by Gasteiger charge is -2.42. The molecule has 2 aliphatic heterocycles. The van der Waals surface area contributed by atoms with Crippen molar-refractivity contribution < 1.29 is 14.3 Å². The molecule has 0 bridgehead atoms. The number of fused-ring (bicyclic) bond motifs is 1. The topological polar surface area (TPSA) is 97.0 Å². The molecule has 4 rings (SSSR count). The number of aliphatic imine (C=N–C) groups is 1. The molecule has 0 saturated carbocycles. The van der Waals surface area contributed by atoms with Crippen molar-refractivity contribution in [3.8, 4) is 0 Å². The second-order valence-corrected chi connectivity index (χ2v) is 7.06. The molecule has 0 aliphatic carbocycles. The fraction of sp³-hybridized carbons (Fsp3) is 0.286. The van der Waals surface area contributed by atoms with Crippen molar-refractivity contribution in [2.75, 3.05) is 25.5 Å². The van der Waals surface area contributed by atoms with E-state index in [1.165, 1.54) is 7.11 Å². The van der Waals surface area contributed by atoms with E-state index in [1.54, 1.807) is 24.3 Å². The number of nitrogens with zero attached hydrogens (tertiary/aromatic N) is 2. The number of nitrogens with one attached hydrogen (secondary N) is 1. The molecule has 29 heavy (non-hydrogen) atoms. The maximum Gasteiger partial charge on any atom is 0.337 e. The Morgan fingerprint density at radius 1 is 1.07 bits per heavy atom. The van der Waals surface area contributed by atoms with Gasteiger partial charge in [-0.05, 0) is 36.4 Å². The Morgan fingerprint density at radius 2 is 1.69 bits per heavy atom. The Kier molecular flexibility index (Phi) is 5.79. The lowest BCUT2D eigenvalue weighted by Crippen LogP contribution is -2.52. The van der Waals surface area contributed by atoms with Crippen molar-refractivity contribution >= 4 is 35.8 Å². The number of carbonyl (C=O) groups is 2. The van der Waals surface area contributed by atoms with Crippen LogP contribution in [0.1, 0.15) is 39.1 Å². The van der Waals surface area contributed by atoms with Crippen LogP contribution < -0.4 is 11.1 Å². The first-order valence-electron chi connectivity index (χ1n) is 9.22. The van der Waals surface area contributed by atoms with E-state index in [2.05, 4.69) is 10.1 Å². The van der Waals surface area contributed by atoms with E-state index >= 15 is 0 Å². The summed E-state index contributed by atoms with van der Waals surface area (Å²) in [6.07, 6.45) is 1.35. The zero-order valence-electron chi connectivity index (χ0n) is 16.1. The lowest BCUT2D eigenvalue weighted by atomic mass is 9.93. The minimum atomic E-state index is -0.468. The molecule has 1 fully saturated rings. The molecule has 0 atom stereocenters. The van der Waals surface area contributed by atoms with Gasteiger partial charge in [-0.1, -0.05) is 12.1 Å². The monoisotopic (exact) mass is 414 g/mol. The third-order valence-corrected chi connectivity index (χ3v) is 5.34. The van der Waals surface area contributed by atoms with Crippen LogP contribution in [0.25, 0.3) is 0 Å². The quantitative estimate of drug-likeness (QED) is 0.736. The van der Waals surface area contributed by atoms with Gasteiger partial charge in [0.1, 0.15) is 11.5 Å². The molecule has 1 saturated heterocycles. The first-order chi connectivity index (χ1) is 13.5. The van der Waals surface area contributed by atoms with Crippen LogP contribution in [0, 0.1) is 0 Å². The Balaban J connectivity index is 0.00000240. The van der Waals surface area contributed by atoms with Crippen molar-refractivity contribution in [3.05, 3.63) is 65.2 Å². The fourth-order valence-corrected chi connectivity index (χ4v) is 3.75. The van der Waals surface area contributed by atoms with E-state index in [4.69, 9.17) is 10.7 Å². The molecule has 2 aromatic carbocycles. The number of anilines is 1. The van der Waals surface area contributed by atoms with Gasteiger partial charge in [0.25, 0.3) is 5.91 Å². The summed E-state index contributed by atoms with van der Waals surface area (Å²) in [7, 11) is 1.33. The number of para-hydroxylation sites is 1. The number of halogens is 1. The molecule has 0 aromatic heterocycles. The van der Waals surface area contributed by atoms with E-state index in [9.17, 15) is 9.59 Å². The summed E-state index contributed by atoms with van der Waals surface area (Å²) < 4.78 is 4.69. The van der Waals surface area contributed by atoms with Crippen LogP contribution in [0.4, 0.5) is 5.69 Å². The van der Waals surface area contributed by atoms with Crippen molar-refractivity contribution in [2.45, 2.75) is 18.5 Å². The first kappa shape index (κ1) is 20.7. The summed E-state index contributed by atoms with van der Waals surface area (Å²) in [6, 6.07) is 14.4. The second-order valence-electron chi connectivity index (χ2n) is 7.06. The third-order valence-electron chi connectivity index (χ3n) is 5.34. The number of piperidine rings is 1. The van der Waals surface area contributed by atoms with Gasteiger partial charge in [0.2, 0.25) is 0 Å². The minimum Gasteiger partial charge on any atom is -0.465 e. The average Bonchev–Trinajstić information content (AvgIpc) is 2.73. The predicted molar refractivity (Wildman–Crippen MR) is 114 cm³/mol. The molecule has 2 aromatic rings. The zero-order chi connectivity index (χ0) is 19.7. The predicted octanol–water partition coefficient (Wildman–Crippen LogP) is 2.66. The number of likely N-dealkylation sites (tertiary alicyclic amines) is 1. The summed E-state index contributed by atoms with van der Waals surface area (Å²) in [4.78, 5) is 30.9. The Bertz CT molecular complexity index is 951. The molecular formula is C21H23ClN4O3. The number of methoxy groups -OCH3 is 1. The number of amidine groups is 1. The summed E-state index contributed by atoms with van der Waals surface area (Å²) in [5.41, 5.74) is 8.58. The minimum absolute atomic E-state index is 0. The molecule has 3 N–H and O–H groups in total. The Morgan fingerprint density at radius 3 is 2.34 bits per heavy atom. The summed E-state index contributed by atoms with van der Waals surface area (Å²) in [5, 5.41) is 3.51. The van der Waals surface area contributed by atoms with E-state index in [0.717, 1.165) is 11.3 Å². The highest BCUT2D eigenvalue weighted by Gasteiger charge is 2.38. The van der Waals surface area contributed by atoms with Crippen LogP contribution in [-0.4, -0.2) is 48.5 Å². The van der Waals surface area contributed by atoms with Gasteiger partial charge in [-0.15, -0.1) is 12.4 Å². The summed E-state index contributed by atoms with van der Waals surface area (Å²) >= 11 is 0. The average molecular weight is 415 g/mol. The van der Waals surface area contributed by atoms with Gasteiger partial charge in [0.05, 0.1) is 12.7 Å². The zero-order valence-corrected chi connectivity index (χ0v) is 16.9. The number of carbonyl (C=O) groups excluding carboxylic acids is 2. The van der Waals surface area contributed by atoms with Crippen LogP contribution in [0.5, 0.6) is 0 Å². The van der Waals surface area contributed by atoms with Gasteiger partial charge < -0.3 is 20.7 Å². The number of amides is 1. The number of hydrogen-bond acceptors (Lipinski definition) is 6. The molecule has 0 radical (unpaired) electrons. The second kappa shape index (κ2) is 8.13. The lowest BCUT2D eigenvalue weighted by molar-refractivity contribution is 0.0598. The van der Waals surface area contributed by atoms with E-state index in [0.29, 0.717) is 42.9 Å². The number of rotatable bonds is 2. The molecule has 0 unspecified atom stereocenters. The largest absolute Gasteiger partial charge is 0.465 e. The maximum absolute atomic E-state index is 12.8. The fourth-order valence-electron chi connectivity index (χ4n) is 3.75. The molecule has 1 amide bonds. The normalized spacial score (nSPS) is 16.7. The van der Waals surface area contributed by atoms with Crippen molar-refractivity contribution in [3.63, 3.8) is 0 Å². The van der Waals surface area contributed by atoms with Gasteiger partial charge in [0.15, 0.2) is 0 Å². The standard InChI is InChI=1S/C21H22N4O3.ClH/c1-28-20(27)15-8-6-14(7-9-15)19(26)25-12-10-21(11-13-25)23-17-5-3-2-4-16(17)18(22)24-21;/h2-9,23H,10-13H2,1H3,(H2,22,24);1H. The van der Waals surface area contributed by atoms with Crippen LogP contribution >= 0.6 is 12.4 Å². The number of ether oxygens (including phenoxy) is 1. The smallest absolute Gasteiger partial charge is 0.337 e. The molecule has 1 spiro atoms. The number of hydrogen-bond donors (Lipinski definition) is 2. The maximum atomic E-state index is 12.8. The number of benzene rings is 2. The van der Waals surface area contributed by atoms with Crippen molar-refractivity contribution in [1.29, 1.82) is 0 Å². The van der Waals surface area contributed by atoms with Crippen LogP contribution in [0.2, 0.25) is 0 Å². The van der Waals surface area contributed by atoms with Gasteiger partial charge in [-0.2, -0.15) is 0 Å². The van der Waals surface area contributed by atoms with Gasteiger partial charge in [-0.25, -0.2) is 9.79 Å². The SMILES string of the molecule is COC(=O)c1ccc(C(=O)N2CCC3(CC2)N=C(N)c2ccccc2N3)cc1.Cl. The van der Waals surface area contributed by atoms with Crippen LogP contribution in [0.15, 0.2) is 53.5 Å². The van der Waals surface area contributed by atoms with E-state index in [-0.39, 0.29) is 18.3 Å². The molecule has 2 aliphatic rings. The molecule has 7 nitrogen and oxygen atoms in total. The van der Waals surface area contributed by atoms with Crippen molar-refractivity contribution in [1.82, 2.24) is 4.90 Å². The van der Waals surface area contributed by atoms with E-state index < -0.39 is 11.6 Å². The Labute approximate surface area is 175 Å². The molecule has 152 valence electrons. The Hall–Kier alpha value is -3.06. The van der Waals surface area contributed by atoms with Gasteiger partial charge in [-0.3, -0.25) is 4.79 Å². The number of nitrogens with two attached hydrogens (primary N) is 1. The third kappa shape index (κ3) is 3.91. The van der Waals surface area contributed by atoms with Gasteiger partial charge >= 0.3 is 5.97 Å². The van der Waals surface area contributed by atoms with Crippen LogP contribution in [-0.2, 0) is 4.74 Å². The van der Waals surface area contributed by atoms with E-state index in [1.807, 2.05) is 29.2 Å². The van der Waals surface area contributed by atoms with Crippen molar-refractivity contribution in [2.24, 2.45) is 10.7 Å². The summed E-state index contributed by atoms with van der Waals surface area (Å²) in [6.45, 7) is 1.15. The molecular weight excluding hydrogens is 392 g/mol. The van der Waals surface area contributed by atoms with Gasteiger partial charge in [0, 0.05) is 42.7 Å².